The van der Waals surface area contributed by atoms with Crippen LogP contribution in [0.4, 0.5) is 0 Å². The smallest absolute Gasteiger partial charge is 0.257 e. The van der Waals surface area contributed by atoms with Gasteiger partial charge >= 0.3 is 0 Å². The van der Waals surface area contributed by atoms with E-state index in [1.165, 1.54) is 27.8 Å². The summed E-state index contributed by atoms with van der Waals surface area (Å²) in [6.07, 6.45) is 2.42. The molecule has 0 aliphatic rings. The molecule has 32 heavy (non-hydrogen) atoms. The number of nitrogens with one attached hydrogen (secondary N) is 1. The Morgan fingerprint density at radius 3 is 2.22 bits per heavy atom. The fraction of sp³-hybridized carbons (Fsp3) is 0.296. The third-order valence-corrected chi connectivity index (χ3v) is 6.22. The average molecular weight is 427 g/mol. The number of benzene rings is 2. The molecule has 4 aromatic rings. The van der Waals surface area contributed by atoms with Gasteiger partial charge in [0, 0.05) is 24.4 Å². The number of amides is 1. The van der Waals surface area contributed by atoms with Gasteiger partial charge in [-0.1, -0.05) is 47.5 Å². The first-order valence-corrected chi connectivity index (χ1v) is 11.0. The standard InChI is InChI=1S/C27H30N4O/c1-16-7-9-22(10-8-16)14-28-27(32)25-15-29-31-21(6)24(20(5)30-26(25)31)13-23-18(3)11-17(2)12-19(23)4/h7-12,15H,13-14H2,1-6H3,(H,28,32). The summed E-state index contributed by atoms with van der Waals surface area (Å²) in [5, 5.41) is 7.50. The molecule has 1 N–H and O–H groups in total. The van der Waals surface area contributed by atoms with Crippen LogP contribution in [0.25, 0.3) is 5.65 Å². The first kappa shape index (κ1) is 21.8. The molecule has 1 amide bonds. The monoisotopic (exact) mass is 426 g/mol. The van der Waals surface area contributed by atoms with E-state index >= 15 is 0 Å². The number of aromatic nitrogens is 3. The summed E-state index contributed by atoms with van der Waals surface area (Å²) in [6, 6.07) is 12.6. The topological polar surface area (TPSA) is 59.3 Å². The van der Waals surface area contributed by atoms with Crippen molar-refractivity contribution in [1.29, 1.82) is 0 Å². The summed E-state index contributed by atoms with van der Waals surface area (Å²) in [4.78, 5) is 17.7. The van der Waals surface area contributed by atoms with E-state index in [-0.39, 0.29) is 5.91 Å². The van der Waals surface area contributed by atoms with Crippen LogP contribution in [-0.2, 0) is 13.0 Å². The second-order valence-electron chi connectivity index (χ2n) is 8.78. The van der Waals surface area contributed by atoms with Gasteiger partial charge in [0.25, 0.3) is 5.91 Å². The molecule has 0 radical (unpaired) electrons. The van der Waals surface area contributed by atoms with Crippen LogP contribution in [0, 0.1) is 41.5 Å². The van der Waals surface area contributed by atoms with Crippen LogP contribution in [0.15, 0.2) is 42.6 Å². The van der Waals surface area contributed by atoms with Gasteiger partial charge in [-0.2, -0.15) is 5.10 Å². The molecule has 0 aliphatic heterocycles. The Hall–Kier alpha value is -3.47. The number of fused-ring (bicyclic) bond motifs is 1. The van der Waals surface area contributed by atoms with Crippen molar-refractivity contribution in [2.45, 2.75) is 54.5 Å². The Balaban J connectivity index is 1.63. The molecule has 0 unspecified atom stereocenters. The van der Waals surface area contributed by atoms with Crippen molar-refractivity contribution in [3.8, 4) is 0 Å². The van der Waals surface area contributed by atoms with Crippen molar-refractivity contribution in [3.63, 3.8) is 0 Å². The molecule has 2 aromatic carbocycles. The van der Waals surface area contributed by atoms with Crippen molar-refractivity contribution in [1.82, 2.24) is 19.9 Å². The summed E-state index contributed by atoms with van der Waals surface area (Å²) >= 11 is 0. The Morgan fingerprint density at radius 2 is 1.56 bits per heavy atom. The Kier molecular flexibility index (Phi) is 5.83. The second-order valence-corrected chi connectivity index (χ2v) is 8.78. The number of hydrogen-bond acceptors (Lipinski definition) is 3. The maximum atomic E-state index is 12.9. The molecule has 0 saturated carbocycles. The van der Waals surface area contributed by atoms with E-state index in [2.05, 4.69) is 50.2 Å². The van der Waals surface area contributed by atoms with Crippen LogP contribution in [0.5, 0.6) is 0 Å². The normalized spacial score (nSPS) is 11.2. The Morgan fingerprint density at radius 1 is 0.906 bits per heavy atom. The quantitative estimate of drug-likeness (QED) is 0.483. The summed E-state index contributed by atoms with van der Waals surface area (Å²) in [5.74, 6) is -0.162. The van der Waals surface area contributed by atoms with Gasteiger partial charge < -0.3 is 5.32 Å². The van der Waals surface area contributed by atoms with Crippen LogP contribution < -0.4 is 5.32 Å². The van der Waals surface area contributed by atoms with E-state index in [9.17, 15) is 4.79 Å². The fourth-order valence-electron chi connectivity index (χ4n) is 4.38. The third kappa shape index (κ3) is 4.15. The van der Waals surface area contributed by atoms with Crippen LogP contribution >= 0.6 is 0 Å². The van der Waals surface area contributed by atoms with Gasteiger partial charge in [0.05, 0.1) is 6.20 Å². The number of carbonyl (C=O) groups excluding carboxylic acids is 1. The fourth-order valence-corrected chi connectivity index (χ4v) is 4.38. The van der Waals surface area contributed by atoms with Gasteiger partial charge in [-0.15, -0.1) is 0 Å². The lowest BCUT2D eigenvalue weighted by Gasteiger charge is -2.15. The zero-order valence-corrected chi connectivity index (χ0v) is 19.7. The van der Waals surface area contributed by atoms with E-state index in [4.69, 9.17) is 4.98 Å². The minimum atomic E-state index is -0.162. The van der Waals surface area contributed by atoms with Crippen LogP contribution in [-0.4, -0.2) is 20.5 Å². The molecule has 0 aliphatic carbocycles. The molecule has 5 nitrogen and oxygen atoms in total. The predicted molar refractivity (Wildman–Crippen MR) is 128 cm³/mol. The minimum absolute atomic E-state index is 0.162. The van der Waals surface area contributed by atoms with Gasteiger partial charge in [-0.25, -0.2) is 9.50 Å². The first-order valence-electron chi connectivity index (χ1n) is 11.0. The van der Waals surface area contributed by atoms with Gasteiger partial charge in [-0.3, -0.25) is 4.79 Å². The van der Waals surface area contributed by atoms with E-state index in [1.54, 1.807) is 10.7 Å². The number of hydrogen-bond donors (Lipinski definition) is 1. The van der Waals surface area contributed by atoms with Gasteiger partial charge in [0.15, 0.2) is 5.65 Å². The maximum Gasteiger partial charge on any atom is 0.257 e. The molecular weight excluding hydrogens is 396 g/mol. The Bertz CT molecular complexity index is 1290. The minimum Gasteiger partial charge on any atom is -0.348 e. The molecule has 0 bridgehead atoms. The summed E-state index contributed by atoms with van der Waals surface area (Å²) in [7, 11) is 0. The lowest BCUT2D eigenvalue weighted by molar-refractivity contribution is 0.0952. The van der Waals surface area contributed by atoms with Gasteiger partial charge in [-0.05, 0) is 69.4 Å². The zero-order valence-electron chi connectivity index (χ0n) is 19.7. The van der Waals surface area contributed by atoms with Crippen molar-refractivity contribution in [2.75, 3.05) is 0 Å². The molecule has 2 heterocycles. The highest BCUT2D eigenvalue weighted by Crippen LogP contribution is 2.24. The summed E-state index contributed by atoms with van der Waals surface area (Å²) in [5.41, 5.74) is 11.6. The highest BCUT2D eigenvalue weighted by Gasteiger charge is 2.19. The van der Waals surface area contributed by atoms with Gasteiger partial charge in [0.1, 0.15) is 5.56 Å². The first-order chi connectivity index (χ1) is 15.2. The number of aryl methyl sites for hydroxylation is 6. The van der Waals surface area contributed by atoms with Crippen LogP contribution in [0.1, 0.15) is 60.7 Å². The van der Waals surface area contributed by atoms with Crippen LogP contribution in [0.2, 0.25) is 0 Å². The van der Waals surface area contributed by atoms with Crippen molar-refractivity contribution < 1.29 is 4.79 Å². The third-order valence-electron chi connectivity index (χ3n) is 6.22. The lowest BCUT2D eigenvalue weighted by Crippen LogP contribution is -2.23. The number of carbonyl (C=O) groups is 1. The van der Waals surface area contributed by atoms with E-state index in [0.717, 1.165) is 28.9 Å². The SMILES string of the molecule is Cc1ccc(CNC(=O)c2cnn3c(C)c(Cc4c(C)cc(C)cc4C)c(C)nc23)cc1. The van der Waals surface area contributed by atoms with Crippen molar-refractivity contribution >= 4 is 11.6 Å². The molecule has 2 aromatic heterocycles. The zero-order chi connectivity index (χ0) is 23.0. The van der Waals surface area contributed by atoms with Crippen molar-refractivity contribution in [2.24, 2.45) is 0 Å². The molecule has 0 saturated heterocycles. The summed E-state index contributed by atoms with van der Waals surface area (Å²) < 4.78 is 1.79. The largest absolute Gasteiger partial charge is 0.348 e. The lowest BCUT2D eigenvalue weighted by atomic mass is 9.93. The Labute approximate surface area is 189 Å². The molecule has 164 valence electrons. The molecule has 4 rings (SSSR count). The van der Waals surface area contributed by atoms with E-state index in [0.29, 0.717) is 17.8 Å². The molecule has 0 atom stereocenters. The van der Waals surface area contributed by atoms with Crippen LogP contribution in [0.3, 0.4) is 0 Å². The number of nitrogens with zero attached hydrogens (tertiary/aromatic N) is 3. The summed E-state index contributed by atoms with van der Waals surface area (Å²) in [6.45, 7) is 13.0. The predicted octanol–water partition coefficient (Wildman–Crippen LogP) is 5.10. The molecule has 0 fully saturated rings. The molecular formula is C27H30N4O. The van der Waals surface area contributed by atoms with E-state index < -0.39 is 0 Å². The van der Waals surface area contributed by atoms with E-state index in [1.807, 2.05) is 38.1 Å². The molecule has 5 heteroatoms. The second kappa shape index (κ2) is 8.58. The maximum absolute atomic E-state index is 12.9. The molecule has 0 spiro atoms. The highest BCUT2D eigenvalue weighted by atomic mass is 16.1. The van der Waals surface area contributed by atoms with Gasteiger partial charge in [0.2, 0.25) is 0 Å². The number of rotatable bonds is 5. The average Bonchev–Trinajstić information content (AvgIpc) is 3.16. The highest BCUT2D eigenvalue weighted by molar-refractivity contribution is 5.99. The van der Waals surface area contributed by atoms with Crippen molar-refractivity contribution in [3.05, 3.63) is 98.5 Å².